The summed E-state index contributed by atoms with van der Waals surface area (Å²) in [6.07, 6.45) is 1.56. The van der Waals surface area contributed by atoms with Crippen molar-refractivity contribution < 1.29 is 24.3 Å². The average molecular weight is 420 g/mol. The second-order valence-electron chi connectivity index (χ2n) is 6.66. The molecule has 8 heteroatoms. The van der Waals surface area contributed by atoms with E-state index in [1.54, 1.807) is 55.6 Å². The number of aryl methyl sites for hydroxylation is 1. The van der Waals surface area contributed by atoms with Crippen molar-refractivity contribution in [3.8, 4) is 11.5 Å². The first-order valence-corrected chi connectivity index (χ1v) is 9.30. The topological polar surface area (TPSA) is 111 Å². The van der Waals surface area contributed by atoms with Gasteiger partial charge in [-0.3, -0.25) is 15.1 Å². The predicted molar refractivity (Wildman–Crippen MR) is 116 cm³/mol. The summed E-state index contributed by atoms with van der Waals surface area (Å²) in [5.41, 5.74) is 2.61. The lowest BCUT2D eigenvalue weighted by Crippen LogP contribution is -2.02. The fraction of sp³-hybridized carbons (Fsp3) is 0.130. The molecular weight excluding hydrogens is 400 g/mol. The minimum absolute atomic E-state index is 0.00146. The molecule has 0 heterocycles. The minimum Gasteiger partial charge on any atom is -0.493 e. The summed E-state index contributed by atoms with van der Waals surface area (Å²) in [5, 5.41) is 20.2. The molecule has 31 heavy (non-hydrogen) atoms. The van der Waals surface area contributed by atoms with Crippen LogP contribution >= 0.6 is 0 Å². The van der Waals surface area contributed by atoms with E-state index in [0.717, 1.165) is 5.56 Å². The quantitative estimate of drug-likeness (QED) is 0.314. The lowest BCUT2D eigenvalue weighted by molar-refractivity contribution is -0.385. The van der Waals surface area contributed by atoms with Gasteiger partial charge in [0.05, 0.1) is 23.3 Å². The number of ether oxygens (including phenoxy) is 2. The van der Waals surface area contributed by atoms with Crippen molar-refractivity contribution >= 4 is 23.6 Å². The molecule has 0 radical (unpaired) electrons. The second kappa shape index (κ2) is 9.53. The van der Waals surface area contributed by atoms with Crippen LogP contribution in [0, 0.1) is 17.0 Å². The van der Waals surface area contributed by atoms with E-state index in [-0.39, 0.29) is 17.9 Å². The third-order valence-electron chi connectivity index (χ3n) is 4.56. The van der Waals surface area contributed by atoms with E-state index in [1.807, 2.05) is 0 Å². The number of hydrogen-bond acceptors (Lipinski definition) is 6. The monoisotopic (exact) mass is 420 g/mol. The van der Waals surface area contributed by atoms with Gasteiger partial charge >= 0.3 is 5.97 Å². The Bertz CT molecular complexity index is 1140. The summed E-state index contributed by atoms with van der Waals surface area (Å²) in [7, 11) is 1.52. The first-order valence-electron chi connectivity index (χ1n) is 9.30. The van der Waals surface area contributed by atoms with Gasteiger partial charge in [0.15, 0.2) is 11.5 Å². The summed E-state index contributed by atoms with van der Waals surface area (Å²) >= 11 is 0. The van der Waals surface area contributed by atoms with E-state index in [9.17, 15) is 14.9 Å². The van der Waals surface area contributed by atoms with E-state index in [1.165, 1.54) is 25.3 Å². The van der Waals surface area contributed by atoms with Gasteiger partial charge < -0.3 is 14.6 Å². The molecule has 3 aromatic carbocycles. The molecule has 1 N–H and O–H groups in total. The number of nitrogens with zero attached hydrogens (tertiary/aromatic N) is 2. The van der Waals surface area contributed by atoms with Crippen LogP contribution in [-0.4, -0.2) is 29.3 Å². The molecule has 3 aromatic rings. The van der Waals surface area contributed by atoms with E-state index >= 15 is 0 Å². The Balaban J connectivity index is 1.85. The number of aliphatic imine (C=N–C) groups is 1. The van der Waals surface area contributed by atoms with Crippen LogP contribution in [0.1, 0.15) is 27.0 Å². The Hall–Kier alpha value is -4.20. The summed E-state index contributed by atoms with van der Waals surface area (Å²) in [4.78, 5) is 26.0. The van der Waals surface area contributed by atoms with Gasteiger partial charge in [0.1, 0.15) is 6.61 Å². The zero-order valence-corrected chi connectivity index (χ0v) is 16.9. The van der Waals surface area contributed by atoms with Gasteiger partial charge in [0, 0.05) is 23.4 Å². The standard InChI is InChI=1S/C23H20N2O6/c1-15-6-11-19(12-20(15)25(28)29)24-13-18-4-3-5-21(30-2)22(18)31-14-16-7-9-17(10-8-16)23(26)27/h3-13H,14H2,1-2H3,(H,26,27). The van der Waals surface area contributed by atoms with Crippen molar-refractivity contribution in [2.75, 3.05) is 7.11 Å². The maximum atomic E-state index is 11.1. The SMILES string of the molecule is COc1cccc(C=Nc2ccc(C)c([N+](=O)[O-])c2)c1OCc1ccc(C(=O)O)cc1. The molecule has 0 aliphatic heterocycles. The number of carboxylic acid groups (broad SMARTS) is 1. The summed E-state index contributed by atoms with van der Waals surface area (Å²) in [5.74, 6) is -0.0364. The van der Waals surface area contributed by atoms with Gasteiger partial charge in [-0.05, 0) is 42.8 Å². The fourth-order valence-corrected chi connectivity index (χ4v) is 2.87. The maximum absolute atomic E-state index is 11.1. The average Bonchev–Trinajstić information content (AvgIpc) is 2.77. The predicted octanol–water partition coefficient (Wildman–Crippen LogP) is 4.94. The Morgan fingerprint density at radius 2 is 1.90 bits per heavy atom. The van der Waals surface area contributed by atoms with Gasteiger partial charge in [-0.1, -0.05) is 24.3 Å². The van der Waals surface area contributed by atoms with E-state index in [0.29, 0.717) is 28.3 Å². The molecule has 0 unspecified atom stereocenters. The largest absolute Gasteiger partial charge is 0.493 e. The molecule has 0 saturated heterocycles. The van der Waals surface area contributed by atoms with Crippen molar-refractivity contribution in [3.63, 3.8) is 0 Å². The van der Waals surface area contributed by atoms with Crippen molar-refractivity contribution in [1.82, 2.24) is 0 Å². The zero-order valence-electron chi connectivity index (χ0n) is 16.9. The molecule has 0 aliphatic rings. The lowest BCUT2D eigenvalue weighted by Gasteiger charge is -2.13. The van der Waals surface area contributed by atoms with Crippen LogP contribution in [0.4, 0.5) is 11.4 Å². The van der Waals surface area contributed by atoms with Gasteiger partial charge in [-0.2, -0.15) is 0 Å². The molecule has 0 aromatic heterocycles. The molecule has 158 valence electrons. The molecule has 0 bridgehead atoms. The Labute approximate surface area is 178 Å². The third-order valence-corrected chi connectivity index (χ3v) is 4.56. The Morgan fingerprint density at radius 1 is 1.16 bits per heavy atom. The minimum atomic E-state index is -0.993. The molecule has 0 saturated carbocycles. The van der Waals surface area contributed by atoms with Crippen LogP contribution in [-0.2, 0) is 6.61 Å². The molecule has 0 aliphatic carbocycles. The fourth-order valence-electron chi connectivity index (χ4n) is 2.87. The molecular formula is C23H20N2O6. The summed E-state index contributed by atoms with van der Waals surface area (Å²) < 4.78 is 11.3. The van der Waals surface area contributed by atoms with Crippen molar-refractivity contribution in [1.29, 1.82) is 0 Å². The lowest BCUT2D eigenvalue weighted by atomic mass is 10.1. The number of aromatic carboxylic acids is 1. The number of carbonyl (C=O) groups is 1. The van der Waals surface area contributed by atoms with Crippen molar-refractivity contribution in [2.45, 2.75) is 13.5 Å². The molecule has 0 atom stereocenters. The summed E-state index contributed by atoms with van der Waals surface area (Å²) in [6.45, 7) is 1.86. The van der Waals surface area contributed by atoms with Crippen LogP contribution in [0.5, 0.6) is 11.5 Å². The highest BCUT2D eigenvalue weighted by atomic mass is 16.6. The zero-order chi connectivity index (χ0) is 22.4. The highest BCUT2D eigenvalue weighted by Gasteiger charge is 2.12. The number of nitro benzene ring substituents is 1. The number of hydrogen-bond donors (Lipinski definition) is 1. The smallest absolute Gasteiger partial charge is 0.335 e. The van der Waals surface area contributed by atoms with Gasteiger partial charge in [-0.25, -0.2) is 4.79 Å². The number of rotatable bonds is 8. The number of nitro groups is 1. The van der Waals surface area contributed by atoms with Crippen LogP contribution in [0.3, 0.4) is 0 Å². The van der Waals surface area contributed by atoms with Crippen LogP contribution in [0.25, 0.3) is 0 Å². The number of methoxy groups -OCH3 is 1. The Morgan fingerprint density at radius 3 is 2.55 bits per heavy atom. The summed E-state index contributed by atoms with van der Waals surface area (Å²) in [6, 6.07) is 16.5. The molecule has 0 fully saturated rings. The highest BCUT2D eigenvalue weighted by molar-refractivity contribution is 5.88. The van der Waals surface area contributed by atoms with Gasteiger partial charge in [-0.15, -0.1) is 0 Å². The third kappa shape index (κ3) is 5.24. The number of benzene rings is 3. The number of carboxylic acids is 1. The first kappa shape index (κ1) is 21.5. The first-order chi connectivity index (χ1) is 14.9. The molecule has 0 amide bonds. The molecule has 8 nitrogen and oxygen atoms in total. The number of para-hydroxylation sites is 1. The van der Waals surface area contributed by atoms with Crippen LogP contribution in [0.15, 0.2) is 65.7 Å². The van der Waals surface area contributed by atoms with Crippen molar-refractivity contribution in [2.24, 2.45) is 4.99 Å². The normalized spacial score (nSPS) is 10.8. The van der Waals surface area contributed by atoms with E-state index in [4.69, 9.17) is 14.6 Å². The van der Waals surface area contributed by atoms with Crippen molar-refractivity contribution in [3.05, 3.63) is 93.0 Å². The van der Waals surface area contributed by atoms with Gasteiger partial charge in [0.2, 0.25) is 0 Å². The van der Waals surface area contributed by atoms with Gasteiger partial charge in [0.25, 0.3) is 5.69 Å². The Kier molecular flexibility index (Phi) is 6.61. The maximum Gasteiger partial charge on any atom is 0.335 e. The molecule has 0 spiro atoms. The van der Waals surface area contributed by atoms with E-state index < -0.39 is 10.9 Å². The molecule has 3 rings (SSSR count). The van der Waals surface area contributed by atoms with E-state index in [2.05, 4.69) is 4.99 Å². The highest BCUT2D eigenvalue weighted by Crippen LogP contribution is 2.32. The second-order valence-corrected chi connectivity index (χ2v) is 6.66. The van der Waals surface area contributed by atoms with Crippen LogP contribution < -0.4 is 9.47 Å². The van der Waals surface area contributed by atoms with Crippen LogP contribution in [0.2, 0.25) is 0 Å².